The maximum absolute atomic E-state index is 12.1. The first-order valence-electron chi connectivity index (χ1n) is 9.43. The lowest BCUT2D eigenvalue weighted by Crippen LogP contribution is -2.15. The second kappa shape index (κ2) is 9.63. The molecule has 0 spiro atoms. The Balaban J connectivity index is 1.59. The fraction of sp³-hybridized carbons (Fsp3) is 0.318. The summed E-state index contributed by atoms with van der Waals surface area (Å²) < 4.78 is 21.3. The largest absolute Gasteiger partial charge is 0.496 e. The summed E-state index contributed by atoms with van der Waals surface area (Å²) in [4.78, 5) is 16.4. The number of methoxy groups -OCH3 is 1. The molecule has 0 amide bonds. The lowest BCUT2D eigenvalue weighted by molar-refractivity contribution is -0.148. The predicted octanol–water partition coefficient (Wildman–Crippen LogP) is 4.95. The predicted molar refractivity (Wildman–Crippen MR) is 112 cm³/mol. The summed E-state index contributed by atoms with van der Waals surface area (Å²) in [6.45, 7) is 5.55. The number of para-hydroxylation sites is 1. The fourth-order valence-corrected chi connectivity index (χ4v) is 2.99. The molecule has 3 aromatic rings. The van der Waals surface area contributed by atoms with Gasteiger partial charge in [0.25, 0.3) is 5.89 Å². The standard InChI is InChI=1S/C22H23ClN2O5/c1-13(2)16-10-17(23)14(3)9-19(16)28-12-21(26)29-11-20-24-22(25-30-20)15-7-5-6-8-18(15)27-4/h5-10,13H,11-12H2,1-4H3. The first kappa shape index (κ1) is 21.6. The van der Waals surface area contributed by atoms with Crippen molar-refractivity contribution in [1.29, 1.82) is 0 Å². The van der Waals surface area contributed by atoms with E-state index in [1.54, 1.807) is 13.2 Å². The molecular weight excluding hydrogens is 408 g/mol. The second-order valence-electron chi connectivity index (χ2n) is 6.96. The van der Waals surface area contributed by atoms with Crippen LogP contribution in [0, 0.1) is 6.92 Å². The third-order valence-electron chi connectivity index (χ3n) is 4.43. The molecule has 0 bridgehead atoms. The molecule has 158 valence electrons. The first-order chi connectivity index (χ1) is 14.4. The number of ether oxygens (including phenoxy) is 3. The van der Waals surface area contributed by atoms with Crippen LogP contribution in [0.15, 0.2) is 40.9 Å². The van der Waals surface area contributed by atoms with E-state index in [2.05, 4.69) is 10.1 Å². The van der Waals surface area contributed by atoms with E-state index in [4.69, 9.17) is 30.3 Å². The second-order valence-corrected chi connectivity index (χ2v) is 7.36. The molecule has 8 heteroatoms. The molecule has 0 saturated carbocycles. The topological polar surface area (TPSA) is 83.7 Å². The maximum Gasteiger partial charge on any atom is 0.344 e. The van der Waals surface area contributed by atoms with Gasteiger partial charge in [-0.05, 0) is 48.2 Å². The summed E-state index contributed by atoms with van der Waals surface area (Å²) in [6.07, 6.45) is 0. The van der Waals surface area contributed by atoms with Crippen LogP contribution in [0.5, 0.6) is 11.5 Å². The van der Waals surface area contributed by atoms with Gasteiger partial charge in [0.05, 0.1) is 12.7 Å². The highest BCUT2D eigenvalue weighted by Gasteiger charge is 2.16. The van der Waals surface area contributed by atoms with Crippen LogP contribution in [-0.4, -0.2) is 29.8 Å². The highest BCUT2D eigenvalue weighted by Crippen LogP contribution is 2.32. The Morgan fingerprint density at radius 3 is 2.70 bits per heavy atom. The molecule has 0 N–H and O–H groups in total. The third-order valence-corrected chi connectivity index (χ3v) is 4.84. The number of hydrogen-bond donors (Lipinski definition) is 0. The van der Waals surface area contributed by atoms with Crippen LogP contribution in [0.1, 0.15) is 36.8 Å². The smallest absolute Gasteiger partial charge is 0.344 e. The Bertz CT molecular complexity index is 1030. The normalized spacial score (nSPS) is 10.9. The van der Waals surface area contributed by atoms with E-state index >= 15 is 0 Å². The molecular formula is C22H23ClN2O5. The molecule has 3 rings (SSSR count). The Labute approximate surface area is 179 Å². The monoisotopic (exact) mass is 430 g/mol. The summed E-state index contributed by atoms with van der Waals surface area (Å²) >= 11 is 6.20. The molecule has 7 nitrogen and oxygen atoms in total. The van der Waals surface area contributed by atoms with Crippen LogP contribution >= 0.6 is 11.6 Å². The summed E-state index contributed by atoms with van der Waals surface area (Å²) in [6, 6.07) is 11.0. The van der Waals surface area contributed by atoms with Gasteiger partial charge in [0, 0.05) is 5.02 Å². The molecule has 0 aliphatic heterocycles. The number of nitrogens with zero attached hydrogens (tertiary/aromatic N) is 2. The van der Waals surface area contributed by atoms with Gasteiger partial charge in [0.15, 0.2) is 13.2 Å². The fourth-order valence-electron chi connectivity index (χ4n) is 2.82. The van der Waals surface area contributed by atoms with Crippen molar-refractivity contribution in [3.63, 3.8) is 0 Å². The minimum atomic E-state index is -0.547. The summed E-state index contributed by atoms with van der Waals surface area (Å²) in [7, 11) is 1.56. The summed E-state index contributed by atoms with van der Waals surface area (Å²) in [5.41, 5.74) is 2.49. The van der Waals surface area contributed by atoms with E-state index in [0.29, 0.717) is 27.9 Å². The van der Waals surface area contributed by atoms with Crippen LogP contribution in [0.2, 0.25) is 5.02 Å². The van der Waals surface area contributed by atoms with Gasteiger partial charge < -0.3 is 18.7 Å². The average molecular weight is 431 g/mol. The van der Waals surface area contributed by atoms with Gasteiger partial charge in [-0.1, -0.05) is 42.7 Å². The number of carbonyl (C=O) groups excluding carboxylic acids is 1. The van der Waals surface area contributed by atoms with Gasteiger partial charge in [-0.2, -0.15) is 4.98 Å². The van der Waals surface area contributed by atoms with Gasteiger partial charge in [0.1, 0.15) is 11.5 Å². The van der Waals surface area contributed by atoms with Crippen LogP contribution in [-0.2, 0) is 16.1 Å². The van der Waals surface area contributed by atoms with Gasteiger partial charge in [0.2, 0.25) is 5.82 Å². The molecule has 0 fully saturated rings. The summed E-state index contributed by atoms with van der Waals surface area (Å²) in [5, 5.41) is 4.58. The van der Waals surface area contributed by atoms with Crippen LogP contribution in [0.25, 0.3) is 11.4 Å². The lowest BCUT2D eigenvalue weighted by atomic mass is 10.0. The lowest BCUT2D eigenvalue weighted by Gasteiger charge is -2.15. The van der Waals surface area contributed by atoms with Gasteiger partial charge >= 0.3 is 5.97 Å². The van der Waals surface area contributed by atoms with Crippen molar-refractivity contribution in [2.24, 2.45) is 0 Å². The number of esters is 1. The van der Waals surface area contributed by atoms with Gasteiger partial charge in [-0.3, -0.25) is 0 Å². The SMILES string of the molecule is COc1ccccc1-c1noc(COC(=O)COc2cc(C)c(Cl)cc2C(C)C)n1. The van der Waals surface area contributed by atoms with E-state index in [9.17, 15) is 4.79 Å². The number of carbonyl (C=O) groups is 1. The van der Waals surface area contributed by atoms with Crippen LogP contribution < -0.4 is 9.47 Å². The third kappa shape index (κ3) is 5.10. The van der Waals surface area contributed by atoms with E-state index in [1.807, 2.05) is 51.1 Å². The van der Waals surface area contributed by atoms with Gasteiger partial charge in [-0.15, -0.1) is 0 Å². The van der Waals surface area contributed by atoms with Crippen molar-refractivity contribution in [1.82, 2.24) is 10.1 Å². The zero-order valence-electron chi connectivity index (χ0n) is 17.3. The van der Waals surface area contributed by atoms with Crippen LogP contribution in [0.4, 0.5) is 0 Å². The Morgan fingerprint density at radius 2 is 1.97 bits per heavy atom. The average Bonchev–Trinajstić information content (AvgIpc) is 3.21. The molecule has 0 aliphatic carbocycles. The van der Waals surface area contributed by atoms with Crippen molar-refractivity contribution < 1.29 is 23.5 Å². The molecule has 30 heavy (non-hydrogen) atoms. The molecule has 0 aliphatic rings. The van der Waals surface area contributed by atoms with Crippen molar-refractivity contribution >= 4 is 17.6 Å². The van der Waals surface area contributed by atoms with Crippen molar-refractivity contribution in [2.45, 2.75) is 33.3 Å². The molecule has 0 atom stereocenters. The highest BCUT2D eigenvalue weighted by atomic mass is 35.5. The number of aryl methyl sites for hydroxylation is 1. The molecule has 0 unspecified atom stereocenters. The van der Waals surface area contributed by atoms with Crippen molar-refractivity contribution in [2.75, 3.05) is 13.7 Å². The zero-order valence-corrected chi connectivity index (χ0v) is 18.0. The van der Waals surface area contributed by atoms with Crippen molar-refractivity contribution in [3.05, 3.63) is 58.4 Å². The number of aromatic nitrogens is 2. The molecule has 0 radical (unpaired) electrons. The number of rotatable bonds is 8. The van der Waals surface area contributed by atoms with E-state index < -0.39 is 5.97 Å². The number of benzene rings is 2. The molecule has 1 aromatic heterocycles. The molecule has 2 aromatic carbocycles. The Hall–Kier alpha value is -3.06. The van der Waals surface area contributed by atoms with Crippen LogP contribution in [0.3, 0.4) is 0 Å². The van der Waals surface area contributed by atoms with Crippen molar-refractivity contribution in [3.8, 4) is 22.9 Å². The highest BCUT2D eigenvalue weighted by molar-refractivity contribution is 6.31. The quantitative estimate of drug-likeness (QED) is 0.467. The van der Waals surface area contributed by atoms with Gasteiger partial charge in [-0.25, -0.2) is 4.79 Å². The van der Waals surface area contributed by atoms with E-state index in [1.165, 1.54) is 0 Å². The molecule has 0 saturated heterocycles. The van der Waals surface area contributed by atoms with E-state index in [0.717, 1.165) is 11.1 Å². The minimum absolute atomic E-state index is 0.152. The first-order valence-corrected chi connectivity index (χ1v) is 9.81. The minimum Gasteiger partial charge on any atom is -0.496 e. The Kier molecular flexibility index (Phi) is 6.95. The van der Waals surface area contributed by atoms with E-state index in [-0.39, 0.29) is 25.0 Å². The Morgan fingerprint density at radius 1 is 1.20 bits per heavy atom. The number of hydrogen-bond acceptors (Lipinski definition) is 7. The maximum atomic E-state index is 12.1. The molecule has 1 heterocycles. The zero-order chi connectivity index (χ0) is 21.7. The number of halogens is 1. The summed E-state index contributed by atoms with van der Waals surface area (Å²) in [5.74, 6) is 1.41.